The Morgan fingerprint density at radius 1 is 1.13 bits per heavy atom. The fourth-order valence-electron chi connectivity index (χ4n) is 1.66. The van der Waals surface area contributed by atoms with E-state index in [1.165, 1.54) is 5.32 Å². The van der Waals surface area contributed by atoms with Gasteiger partial charge in [-0.3, -0.25) is 9.20 Å². The standard InChI is InChI=1S/C11H5F6N3O3/c12-10(13,14)4-1-2-5-18-6(8(21)22)7(20(5)3-4)19-9(23)11(15,16)17/h1-3H,(H,19,23)(H,21,22). The predicted octanol–water partition coefficient (Wildman–Crippen LogP) is 2.55. The molecule has 0 bridgehead atoms. The van der Waals surface area contributed by atoms with Crippen molar-refractivity contribution in [3.63, 3.8) is 0 Å². The fourth-order valence-corrected chi connectivity index (χ4v) is 1.66. The molecule has 124 valence electrons. The van der Waals surface area contributed by atoms with E-state index < -0.39 is 41.3 Å². The number of fused-ring (bicyclic) bond motifs is 1. The molecule has 0 radical (unpaired) electrons. The summed E-state index contributed by atoms with van der Waals surface area (Å²) >= 11 is 0. The van der Waals surface area contributed by atoms with E-state index in [1.54, 1.807) is 0 Å². The minimum atomic E-state index is -5.36. The number of nitrogens with zero attached hydrogens (tertiary/aromatic N) is 2. The molecule has 0 aliphatic heterocycles. The lowest BCUT2D eigenvalue weighted by molar-refractivity contribution is -0.167. The Kier molecular flexibility index (Phi) is 3.70. The van der Waals surface area contributed by atoms with Crippen molar-refractivity contribution in [2.45, 2.75) is 12.4 Å². The topological polar surface area (TPSA) is 83.7 Å². The summed E-state index contributed by atoms with van der Waals surface area (Å²) in [6, 6.07) is 1.34. The molecule has 0 saturated heterocycles. The van der Waals surface area contributed by atoms with Crippen molar-refractivity contribution in [2.24, 2.45) is 0 Å². The van der Waals surface area contributed by atoms with Gasteiger partial charge in [0.1, 0.15) is 5.65 Å². The zero-order valence-corrected chi connectivity index (χ0v) is 10.7. The Balaban J connectivity index is 2.65. The summed E-state index contributed by atoms with van der Waals surface area (Å²) in [6.07, 6.45) is -9.85. The zero-order valence-electron chi connectivity index (χ0n) is 10.7. The van der Waals surface area contributed by atoms with E-state index in [4.69, 9.17) is 5.11 Å². The van der Waals surface area contributed by atoms with Gasteiger partial charge < -0.3 is 10.4 Å². The van der Waals surface area contributed by atoms with Crippen molar-refractivity contribution in [3.05, 3.63) is 29.6 Å². The lowest BCUT2D eigenvalue weighted by Crippen LogP contribution is -2.31. The average Bonchev–Trinajstić information content (AvgIpc) is 2.75. The van der Waals surface area contributed by atoms with Crippen LogP contribution in [0.4, 0.5) is 32.2 Å². The van der Waals surface area contributed by atoms with Crippen LogP contribution in [0.3, 0.4) is 0 Å². The van der Waals surface area contributed by atoms with E-state index >= 15 is 0 Å². The first-order valence-corrected chi connectivity index (χ1v) is 5.62. The first kappa shape index (κ1) is 16.6. The normalized spacial score (nSPS) is 12.4. The smallest absolute Gasteiger partial charge is 0.471 e. The van der Waals surface area contributed by atoms with Gasteiger partial charge in [0, 0.05) is 6.20 Å². The second kappa shape index (κ2) is 5.14. The Morgan fingerprint density at radius 3 is 2.22 bits per heavy atom. The molecule has 2 rings (SSSR count). The van der Waals surface area contributed by atoms with Crippen LogP contribution in [0.2, 0.25) is 0 Å². The summed E-state index contributed by atoms with van der Waals surface area (Å²) in [5, 5.41) is 10.1. The molecule has 1 amide bonds. The van der Waals surface area contributed by atoms with E-state index in [0.717, 1.165) is 6.07 Å². The second-order valence-electron chi connectivity index (χ2n) is 4.21. The molecule has 2 aromatic rings. The van der Waals surface area contributed by atoms with Crippen molar-refractivity contribution >= 4 is 23.3 Å². The Labute approximate surface area is 122 Å². The van der Waals surface area contributed by atoms with Gasteiger partial charge in [0.2, 0.25) is 0 Å². The Morgan fingerprint density at radius 2 is 1.74 bits per heavy atom. The van der Waals surface area contributed by atoms with Crippen LogP contribution < -0.4 is 5.32 Å². The number of hydrogen-bond acceptors (Lipinski definition) is 3. The van der Waals surface area contributed by atoms with Crippen LogP contribution in [0.5, 0.6) is 0 Å². The molecule has 2 aromatic heterocycles. The van der Waals surface area contributed by atoms with Crippen molar-refractivity contribution in [3.8, 4) is 0 Å². The van der Waals surface area contributed by atoms with Gasteiger partial charge in [-0.15, -0.1) is 0 Å². The highest BCUT2D eigenvalue weighted by Crippen LogP contribution is 2.31. The number of carboxylic acids is 1. The number of carbonyl (C=O) groups excluding carboxylic acids is 1. The van der Waals surface area contributed by atoms with Gasteiger partial charge in [-0.2, -0.15) is 26.3 Å². The van der Waals surface area contributed by atoms with Gasteiger partial charge in [-0.25, -0.2) is 9.78 Å². The molecule has 0 fully saturated rings. The number of rotatable bonds is 2. The van der Waals surface area contributed by atoms with Gasteiger partial charge >= 0.3 is 24.2 Å². The third-order valence-corrected chi connectivity index (χ3v) is 2.64. The molecule has 0 spiro atoms. The summed E-state index contributed by atoms with van der Waals surface area (Å²) in [4.78, 5) is 25.3. The number of nitrogens with one attached hydrogen (secondary N) is 1. The SMILES string of the molecule is O=C(O)c1nc2ccc(C(F)(F)F)cn2c1NC(=O)C(F)(F)F. The number of amides is 1. The maximum Gasteiger partial charge on any atom is 0.471 e. The molecule has 6 nitrogen and oxygen atoms in total. The number of imidazole rings is 1. The third-order valence-electron chi connectivity index (χ3n) is 2.64. The molecular formula is C11H5F6N3O3. The van der Waals surface area contributed by atoms with Crippen LogP contribution in [0.25, 0.3) is 5.65 Å². The number of carbonyl (C=O) groups is 2. The van der Waals surface area contributed by atoms with E-state index in [-0.39, 0.29) is 5.65 Å². The number of halogens is 6. The van der Waals surface area contributed by atoms with Crippen LogP contribution in [-0.4, -0.2) is 32.5 Å². The van der Waals surface area contributed by atoms with Crippen LogP contribution in [0.15, 0.2) is 18.3 Å². The van der Waals surface area contributed by atoms with Crippen LogP contribution in [0, 0.1) is 0 Å². The van der Waals surface area contributed by atoms with Gasteiger partial charge in [0.15, 0.2) is 11.5 Å². The maximum absolute atomic E-state index is 12.6. The highest BCUT2D eigenvalue weighted by Gasteiger charge is 2.40. The van der Waals surface area contributed by atoms with E-state index in [2.05, 4.69) is 4.98 Å². The molecule has 2 N–H and O–H groups in total. The molecule has 12 heteroatoms. The van der Waals surface area contributed by atoms with Crippen molar-refractivity contribution in [1.82, 2.24) is 9.38 Å². The average molecular weight is 341 g/mol. The number of alkyl halides is 6. The minimum Gasteiger partial charge on any atom is -0.476 e. The number of carboxylic acid groups (broad SMARTS) is 1. The predicted molar refractivity (Wildman–Crippen MR) is 61.8 cm³/mol. The first-order chi connectivity index (χ1) is 10.4. The number of aromatic nitrogens is 2. The summed E-state index contributed by atoms with van der Waals surface area (Å²) < 4.78 is 75.2. The van der Waals surface area contributed by atoms with Gasteiger partial charge in [0.25, 0.3) is 0 Å². The monoisotopic (exact) mass is 341 g/mol. The highest BCUT2D eigenvalue weighted by atomic mass is 19.4. The molecule has 0 atom stereocenters. The molecule has 0 aliphatic rings. The highest BCUT2D eigenvalue weighted by molar-refractivity contribution is 6.01. The quantitative estimate of drug-likeness (QED) is 0.823. The largest absolute Gasteiger partial charge is 0.476 e. The van der Waals surface area contributed by atoms with Crippen molar-refractivity contribution in [2.75, 3.05) is 5.32 Å². The molecular weight excluding hydrogens is 336 g/mol. The number of aromatic carboxylic acids is 1. The molecule has 0 unspecified atom stereocenters. The molecule has 0 aliphatic carbocycles. The van der Waals surface area contributed by atoms with Crippen LogP contribution >= 0.6 is 0 Å². The number of hydrogen-bond donors (Lipinski definition) is 2. The summed E-state index contributed by atoms with van der Waals surface area (Å²) in [7, 11) is 0. The van der Waals surface area contributed by atoms with E-state index in [0.29, 0.717) is 16.7 Å². The molecule has 0 aromatic carbocycles. The van der Waals surface area contributed by atoms with E-state index in [1.807, 2.05) is 0 Å². The third kappa shape index (κ3) is 3.19. The number of pyridine rings is 1. The fraction of sp³-hybridized carbons (Fsp3) is 0.182. The van der Waals surface area contributed by atoms with Crippen LogP contribution in [-0.2, 0) is 11.0 Å². The molecule has 0 saturated carbocycles. The summed E-state index contributed by atoms with van der Waals surface area (Å²) in [5.41, 5.74) is -2.67. The summed E-state index contributed by atoms with van der Waals surface area (Å²) in [6.45, 7) is 0. The lowest BCUT2D eigenvalue weighted by atomic mass is 10.3. The van der Waals surface area contributed by atoms with Crippen molar-refractivity contribution in [1.29, 1.82) is 0 Å². The van der Waals surface area contributed by atoms with Gasteiger partial charge in [0.05, 0.1) is 5.56 Å². The van der Waals surface area contributed by atoms with Gasteiger partial charge in [-0.1, -0.05) is 0 Å². The zero-order chi connectivity index (χ0) is 17.6. The van der Waals surface area contributed by atoms with Crippen molar-refractivity contribution < 1.29 is 41.0 Å². The first-order valence-electron chi connectivity index (χ1n) is 5.62. The molecule has 2 heterocycles. The Hall–Kier alpha value is -2.79. The minimum absolute atomic E-state index is 0.334. The molecule has 23 heavy (non-hydrogen) atoms. The van der Waals surface area contributed by atoms with Crippen LogP contribution in [0.1, 0.15) is 16.1 Å². The van der Waals surface area contributed by atoms with E-state index in [9.17, 15) is 35.9 Å². The second-order valence-corrected chi connectivity index (χ2v) is 4.21. The lowest BCUT2D eigenvalue weighted by Gasteiger charge is -2.10. The summed E-state index contributed by atoms with van der Waals surface area (Å²) in [5.74, 6) is -5.39. The van der Waals surface area contributed by atoms with Gasteiger partial charge in [-0.05, 0) is 12.1 Å². The number of anilines is 1. The maximum atomic E-state index is 12.6. The Bertz CT molecular complexity index is 793.